The van der Waals surface area contributed by atoms with Crippen molar-refractivity contribution in [3.63, 3.8) is 0 Å². The van der Waals surface area contributed by atoms with Gasteiger partial charge in [-0.25, -0.2) is 4.98 Å². The SMILES string of the molecule is Nc1c(OC2CCCCC2)ncnc1N1CCc2ccccc2C1. The van der Waals surface area contributed by atoms with Crippen molar-refractivity contribution < 1.29 is 4.74 Å². The minimum absolute atomic E-state index is 0.242. The summed E-state index contributed by atoms with van der Waals surface area (Å²) in [6, 6.07) is 8.57. The molecule has 5 nitrogen and oxygen atoms in total. The zero-order chi connectivity index (χ0) is 16.4. The average molecular weight is 324 g/mol. The maximum atomic E-state index is 6.36. The van der Waals surface area contributed by atoms with Crippen molar-refractivity contribution in [3.05, 3.63) is 41.7 Å². The molecule has 1 aliphatic carbocycles. The molecule has 4 rings (SSSR count). The van der Waals surface area contributed by atoms with Gasteiger partial charge in [0.2, 0.25) is 5.88 Å². The molecule has 1 aromatic heterocycles. The summed E-state index contributed by atoms with van der Waals surface area (Å²) in [5, 5.41) is 0. The predicted octanol–water partition coefficient (Wildman–Crippen LogP) is 3.33. The van der Waals surface area contributed by atoms with Crippen LogP contribution >= 0.6 is 0 Å². The van der Waals surface area contributed by atoms with E-state index in [0.717, 1.165) is 38.2 Å². The van der Waals surface area contributed by atoms with E-state index in [1.165, 1.54) is 30.4 Å². The molecule has 0 saturated heterocycles. The van der Waals surface area contributed by atoms with Gasteiger partial charge in [0.1, 0.15) is 18.1 Å². The number of hydrogen-bond acceptors (Lipinski definition) is 5. The van der Waals surface area contributed by atoms with Gasteiger partial charge >= 0.3 is 0 Å². The fourth-order valence-corrected chi connectivity index (χ4v) is 3.73. The summed E-state index contributed by atoms with van der Waals surface area (Å²) >= 11 is 0. The molecule has 24 heavy (non-hydrogen) atoms. The molecular weight excluding hydrogens is 300 g/mol. The van der Waals surface area contributed by atoms with Crippen LogP contribution in [0.15, 0.2) is 30.6 Å². The molecule has 0 amide bonds. The maximum Gasteiger partial charge on any atom is 0.242 e. The zero-order valence-corrected chi connectivity index (χ0v) is 13.9. The predicted molar refractivity (Wildman–Crippen MR) is 95.1 cm³/mol. The Balaban J connectivity index is 1.54. The summed E-state index contributed by atoms with van der Waals surface area (Å²) in [5.74, 6) is 1.34. The number of ether oxygens (including phenoxy) is 1. The molecule has 1 fully saturated rings. The van der Waals surface area contributed by atoms with Crippen LogP contribution in [-0.4, -0.2) is 22.6 Å². The highest BCUT2D eigenvalue weighted by Crippen LogP contribution is 2.33. The van der Waals surface area contributed by atoms with Crippen LogP contribution in [0.1, 0.15) is 43.2 Å². The number of aromatic nitrogens is 2. The smallest absolute Gasteiger partial charge is 0.242 e. The molecule has 1 aliphatic heterocycles. The number of fused-ring (bicyclic) bond motifs is 1. The third-order valence-corrected chi connectivity index (χ3v) is 5.09. The Morgan fingerprint density at radius 2 is 1.83 bits per heavy atom. The fraction of sp³-hybridized carbons (Fsp3) is 0.474. The highest BCUT2D eigenvalue weighted by molar-refractivity contribution is 5.68. The minimum atomic E-state index is 0.242. The fourth-order valence-electron chi connectivity index (χ4n) is 3.73. The quantitative estimate of drug-likeness (QED) is 0.938. The molecule has 0 spiro atoms. The lowest BCUT2D eigenvalue weighted by Gasteiger charge is -2.31. The monoisotopic (exact) mass is 324 g/mol. The van der Waals surface area contributed by atoms with Gasteiger partial charge in [-0.1, -0.05) is 30.7 Å². The molecule has 0 bridgehead atoms. The summed E-state index contributed by atoms with van der Waals surface area (Å²) in [7, 11) is 0. The second-order valence-electron chi connectivity index (χ2n) is 6.73. The maximum absolute atomic E-state index is 6.36. The molecular formula is C19H24N4O. The van der Waals surface area contributed by atoms with Gasteiger partial charge in [-0.2, -0.15) is 4.98 Å². The second kappa shape index (κ2) is 6.67. The number of anilines is 2. The van der Waals surface area contributed by atoms with E-state index in [-0.39, 0.29) is 6.10 Å². The lowest BCUT2D eigenvalue weighted by Crippen LogP contribution is -2.32. The van der Waals surface area contributed by atoms with Crippen molar-refractivity contribution in [3.8, 4) is 5.88 Å². The van der Waals surface area contributed by atoms with Gasteiger partial charge in [0.15, 0.2) is 5.82 Å². The number of nitrogens with two attached hydrogens (primary N) is 1. The van der Waals surface area contributed by atoms with Crippen molar-refractivity contribution >= 4 is 11.5 Å². The lowest BCUT2D eigenvalue weighted by molar-refractivity contribution is 0.149. The third-order valence-electron chi connectivity index (χ3n) is 5.09. The molecule has 1 saturated carbocycles. The van der Waals surface area contributed by atoms with Crippen LogP contribution in [0.4, 0.5) is 11.5 Å². The molecule has 2 heterocycles. The molecule has 5 heteroatoms. The van der Waals surface area contributed by atoms with E-state index in [9.17, 15) is 0 Å². The highest BCUT2D eigenvalue weighted by atomic mass is 16.5. The van der Waals surface area contributed by atoms with Crippen LogP contribution in [0.5, 0.6) is 5.88 Å². The summed E-state index contributed by atoms with van der Waals surface area (Å²) < 4.78 is 6.08. The summed E-state index contributed by atoms with van der Waals surface area (Å²) in [6.45, 7) is 1.75. The van der Waals surface area contributed by atoms with Crippen LogP contribution in [0.2, 0.25) is 0 Å². The van der Waals surface area contributed by atoms with Crippen LogP contribution in [0.3, 0.4) is 0 Å². The number of nitrogen functional groups attached to an aromatic ring is 1. The molecule has 0 radical (unpaired) electrons. The minimum Gasteiger partial charge on any atom is -0.473 e. The zero-order valence-electron chi connectivity index (χ0n) is 13.9. The van der Waals surface area contributed by atoms with Crippen molar-refractivity contribution in [1.82, 2.24) is 9.97 Å². The molecule has 1 aromatic carbocycles. The molecule has 2 aliphatic rings. The Labute approximate surface area is 142 Å². The molecule has 126 valence electrons. The largest absolute Gasteiger partial charge is 0.473 e. The van der Waals surface area contributed by atoms with Gasteiger partial charge in [0.05, 0.1) is 0 Å². The Morgan fingerprint density at radius 1 is 1.04 bits per heavy atom. The molecule has 0 unspecified atom stereocenters. The van der Waals surface area contributed by atoms with E-state index in [0.29, 0.717) is 11.6 Å². The first-order valence-corrected chi connectivity index (χ1v) is 8.90. The summed E-state index contributed by atoms with van der Waals surface area (Å²) in [4.78, 5) is 11.0. The third kappa shape index (κ3) is 3.03. The van der Waals surface area contributed by atoms with E-state index in [2.05, 4.69) is 39.1 Å². The molecule has 0 atom stereocenters. The highest BCUT2D eigenvalue weighted by Gasteiger charge is 2.23. The van der Waals surface area contributed by atoms with E-state index < -0.39 is 0 Å². The number of benzene rings is 1. The van der Waals surface area contributed by atoms with Gasteiger partial charge in [0, 0.05) is 13.1 Å². The Morgan fingerprint density at radius 3 is 2.67 bits per heavy atom. The topological polar surface area (TPSA) is 64.3 Å². The van der Waals surface area contributed by atoms with Crippen molar-refractivity contribution in [2.45, 2.75) is 51.2 Å². The molecule has 2 aromatic rings. The van der Waals surface area contributed by atoms with Crippen molar-refractivity contribution in [2.75, 3.05) is 17.2 Å². The normalized spacial score (nSPS) is 18.2. The van der Waals surface area contributed by atoms with Crippen LogP contribution in [0, 0.1) is 0 Å². The van der Waals surface area contributed by atoms with E-state index in [1.54, 1.807) is 6.33 Å². The van der Waals surface area contributed by atoms with Gasteiger partial charge in [-0.05, 0) is 43.2 Å². The van der Waals surface area contributed by atoms with Gasteiger partial charge < -0.3 is 15.4 Å². The van der Waals surface area contributed by atoms with Gasteiger partial charge in [-0.3, -0.25) is 0 Å². The molecule has 2 N–H and O–H groups in total. The number of nitrogens with zero attached hydrogens (tertiary/aromatic N) is 3. The first-order chi connectivity index (χ1) is 11.8. The lowest BCUT2D eigenvalue weighted by atomic mass is 9.98. The van der Waals surface area contributed by atoms with Crippen molar-refractivity contribution in [2.24, 2.45) is 0 Å². The van der Waals surface area contributed by atoms with Crippen LogP contribution in [0.25, 0.3) is 0 Å². The standard InChI is InChI=1S/C19H24N4O/c20-17-18(23-11-10-14-6-4-5-7-15(14)12-23)21-13-22-19(17)24-16-8-2-1-3-9-16/h4-7,13,16H,1-3,8-12,20H2. The second-order valence-corrected chi connectivity index (χ2v) is 6.73. The van der Waals surface area contributed by atoms with Crippen LogP contribution < -0.4 is 15.4 Å². The Hall–Kier alpha value is -2.30. The van der Waals surface area contributed by atoms with Crippen LogP contribution in [-0.2, 0) is 13.0 Å². The van der Waals surface area contributed by atoms with Crippen molar-refractivity contribution in [1.29, 1.82) is 0 Å². The van der Waals surface area contributed by atoms with Gasteiger partial charge in [0.25, 0.3) is 0 Å². The van der Waals surface area contributed by atoms with E-state index in [1.807, 2.05) is 0 Å². The summed E-state index contributed by atoms with van der Waals surface area (Å²) in [5.41, 5.74) is 9.69. The Kier molecular flexibility index (Phi) is 4.24. The number of rotatable bonds is 3. The summed E-state index contributed by atoms with van der Waals surface area (Å²) in [6.07, 6.45) is 8.77. The average Bonchev–Trinajstić information content (AvgIpc) is 2.64. The van der Waals surface area contributed by atoms with E-state index in [4.69, 9.17) is 10.5 Å². The first kappa shape index (κ1) is 15.2. The number of hydrogen-bond donors (Lipinski definition) is 1. The van der Waals surface area contributed by atoms with Gasteiger partial charge in [-0.15, -0.1) is 0 Å². The Bertz CT molecular complexity index is 712. The first-order valence-electron chi connectivity index (χ1n) is 8.90. The van der Waals surface area contributed by atoms with E-state index >= 15 is 0 Å².